The van der Waals surface area contributed by atoms with Gasteiger partial charge in [-0.1, -0.05) is 23.9 Å². The molecule has 3 rings (SSSR count). The maximum atomic E-state index is 12.6. The van der Waals surface area contributed by atoms with Crippen molar-refractivity contribution in [3.05, 3.63) is 51.6 Å². The predicted molar refractivity (Wildman–Crippen MR) is 104 cm³/mol. The van der Waals surface area contributed by atoms with Crippen molar-refractivity contribution in [1.29, 1.82) is 0 Å². The first-order chi connectivity index (χ1) is 12.5. The average Bonchev–Trinajstić information content (AvgIpc) is 3.08. The number of primary amides is 1. The van der Waals surface area contributed by atoms with Gasteiger partial charge in [0.25, 0.3) is 11.5 Å². The predicted octanol–water partition coefficient (Wildman–Crippen LogP) is 2.31. The molecule has 2 heterocycles. The van der Waals surface area contributed by atoms with E-state index >= 15 is 0 Å². The lowest BCUT2D eigenvalue weighted by Crippen LogP contribution is -2.23. The molecule has 0 bridgehead atoms. The summed E-state index contributed by atoms with van der Waals surface area (Å²) in [5.41, 5.74) is 6.02. The number of nitrogens with two attached hydrogens (primary N) is 1. The minimum atomic E-state index is -0.592. The summed E-state index contributed by atoms with van der Waals surface area (Å²) >= 11 is 2.40. The second-order valence-corrected chi connectivity index (χ2v) is 7.18. The summed E-state index contributed by atoms with van der Waals surface area (Å²) in [4.78, 5) is 40.6. The minimum absolute atomic E-state index is 0.0564. The van der Waals surface area contributed by atoms with Gasteiger partial charge in [-0.2, -0.15) is 0 Å². The largest absolute Gasteiger partial charge is 0.366 e. The highest BCUT2D eigenvalue weighted by molar-refractivity contribution is 7.99. The Morgan fingerprint density at radius 3 is 2.81 bits per heavy atom. The molecule has 0 spiro atoms. The van der Waals surface area contributed by atoms with Crippen LogP contribution in [0.15, 0.2) is 45.7 Å². The third kappa shape index (κ3) is 3.63. The molecule has 0 saturated heterocycles. The van der Waals surface area contributed by atoms with Crippen LogP contribution in [0, 0.1) is 0 Å². The first-order valence-corrected chi connectivity index (χ1v) is 9.67. The van der Waals surface area contributed by atoms with Gasteiger partial charge in [0, 0.05) is 6.54 Å². The summed E-state index contributed by atoms with van der Waals surface area (Å²) in [6.07, 6.45) is 0. The van der Waals surface area contributed by atoms with E-state index in [4.69, 9.17) is 5.73 Å². The number of benzene rings is 1. The number of amides is 2. The number of rotatable bonds is 6. The Kier molecular flexibility index (Phi) is 5.38. The van der Waals surface area contributed by atoms with E-state index in [1.807, 2.05) is 13.0 Å². The van der Waals surface area contributed by atoms with Crippen molar-refractivity contribution in [2.24, 2.45) is 5.73 Å². The summed E-state index contributed by atoms with van der Waals surface area (Å²) < 4.78 is 1.54. The van der Waals surface area contributed by atoms with E-state index in [-0.39, 0.29) is 22.8 Å². The zero-order chi connectivity index (χ0) is 18.7. The Balaban J connectivity index is 1.79. The lowest BCUT2D eigenvalue weighted by molar-refractivity contribution is -0.113. The smallest absolute Gasteiger partial charge is 0.262 e. The lowest BCUT2D eigenvalue weighted by Gasteiger charge is -2.11. The summed E-state index contributed by atoms with van der Waals surface area (Å²) in [5.74, 6) is -0.837. The number of nitrogens with zero attached hydrogens (tertiary/aromatic N) is 2. The van der Waals surface area contributed by atoms with Crippen molar-refractivity contribution in [3.8, 4) is 0 Å². The van der Waals surface area contributed by atoms with Crippen LogP contribution < -0.4 is 16.6 Å². The quantitative estimate of drug-likeness (QED) is 0.498. The maximum absolute atomic E-state index is 12.6. The fourth-order valence-electron chi connectivity index (χ4n) is 2.43. The second-order valence-electron chi connectivity index (χ2n) is 5.33. The average molecular weight is 388 g/mol. The van der Waals surface area contributed by atoms with E-state index in [0.29, 0.717) is 27.6 Å². The molecule has 2 aromatic heterocycles. The van der Waals surface area contributed by atoms with Gasteiger partial charge >= 0.3 is 0 Å². The lowest BCUT2D eigenvalue weighted by atomic mass is 10.2. The molecule has 134 valence electrons. The van der Waals surface area contributed by atoms with Gasteiger partial charge in [0.2, 0.25) is 5.91 Å². The number of thioether (sulfide) groups is 1. The monoisotopic (exact) mass is 388 g/mol. The Hall–Kier alpha value is -2.65. The van der Waals surface area contributed by atoms with Crippen molar-refractivity contribution >= 4 is 50.8 Å². The van der Waals surface area contributed by atoms with Crippen LogP contribution in [-0.4, -0.2) is 27.1 Å². The highest BCUT2D eigenvalue weighted by Gasteiger charge is 2.15. The van der Waals surface area contributed by atoms with Gasteiger partial charge in [0.15, 0.2) is 5.16 Å². The Labute approximate surface area is 157 Å². The second kappa shape index (κ2) is 7.71. The van der Waals surface area contributed by atoms with Crippen LogP contribution >= 0.6 is 23.1 Å². The molecule has 0 atom stereocenters. The van der Waals surface area contributed by atoms with Crippen LogP contribution in [0.5, 0.6) is 0 Å². The molecule has 0 radical (unpaired) electrons. The third-order valence-corrected chi connectivity index (χ3v) is 5.47. The number of carbonyl (C=O) groups is 2. The van der Waals surface area contributed by atoms with Crippen molar-refractivity contribution in [2.45, 2.75) is 18.6 Å². The molecule has 0 fully saturated rings. The molecule has 0 aliphatic heterocycles. The number of nitrogens with one attached hydrogen (secondary N) is 1. The summed E-state index contributed by atoms with van der Waals surface area (Å²) in [6, 6.07) is 8.68. The molecule has 1 aromatic carbocycles. The zero-order valence-corrected chi connectivity index (χ0v) is 15.5. The number of aromatic nitrogens is 2. The maximum Gasteiger partial charge on any atom is 0.262 e. The van der Waals surface area contributed by atoms with E-state index in [1.165, 1.54) is 23.1 Å². The van der Waals surface area contributed by atoms with E-state index in [9.17, 15) is 14.4 Å². The number of fused-ring (bicyclic) bond motifs is 1. The van der Waals surface area contributed by atoms with Crippen LogP contribution in [0.4, 0.5) is 5.00 Å². The molecule has 9 heteroatoms. The molecule has 0 saturated carbocycles. The number of para-hydroxylation sites is 1. The van der Waals surface area contributed by atoms with Gasteiger partial charge in [-0.25, -0.2) is 4.98 Å². The number of thiophene rings is 1. The van der Waals surface area contributed by atoms with Crippen molar-refractivity contribution in [3.63, 3.8) is 0 Å². The first-order valence-electron chi connectivity index (χ1n) is 7.80. The number of anilines is 1. The van der Waals surface area contributed by atoms with Crippen LogP contribution in [0.2, 0.25) is 0 Å². The fraction of sp³-hybridized carbons (Fsp3) is 0.176. The summed E-state index contributed by atoms with van der Waals surface area (Å²) in [5, 5.41) is 5.80. The van der Waals surface area contributed by atoms with Crippen LogP contribution in [-0.2, 0) is 11.3 Å². The third-order valence-electron chi connectivity index (χ3n) is 3.66. The van der Waals surface area contributed by atoms with Crippen molar-refractivity contribution in [2.75, 3.05) is 11.1 Å². The molecule has 3 N–H and O–H groups in total. The molecular weight excluding hydrogens is 372 g/mol. The molecular formula is C17H16N4O3S2. The van der Waals surface area contributed by atoms with Gasteiger partial charge in [-0.05, 0) is 30.5 Å². The molecule has 0 unspecified atom stereocenters. The first kappa shape index (κ1) is 18.2. The SMILES string of the molecule is CCn1c(SCC(=O)Nc2sccc2C(N)=O)nc2ccccc2c1=O. The van der Waals surface area contributed by atoms with Crippen LogP contribution in [0.1, 0.15) is 17.3 Å². The standard InChI is InChI=1S/C17H16N4O3S2/c1-2-21-16(24)10-5-3-4-6-12(10)19-17(21)26-9-13(22)20-15-11(14(18)23)7-8-25-15/h3-8H,2,9H2,1H3,(H2,18,23)(H,20,22). The molecule has 2 amide bonds. The van der Waals surface area contributed by atoms with Crippen molar-refractivity contribution < 1.29 is 9.59 Å². The van der Waals surface area contributed by atoms with E-state index in [0.717, 1.165) is 0 Å². The van der Waals surface area contributed by atoms with E-state index in [2.05, 4.69) is 10.3 Å². The Morgan fingerprint density at radius 2 is 2.08 bits per heavy atom. The highest BCUT2D eigenvalue weighted by atomic mass is 32.2. The molecule has 0 aliphatic rings. The van der Waals surface area contributed by atoms with E-state index in [1.54, 1.807) is 34.2 Å². The topological polar surface area (TPSA) is 107 Å². The van der Waals surface area contributed by atoms with E-state index < -0.39 is 5.91 Å². The zero-order valence-electron chi connectivity index (χ0n) is 13.9. The number of hydrogen-bond donors (Lipinski definition) is 2. The summed E-state index contributed by atoms with van der Waals surface area (Å²) in [6.45, 7) is 2.31. The van der Waals surface area contributed by atoms with Gasteiger partial charge < -0.3 is 11.1 Å². The van der Waals surface area contributed by atoms with Gasteiger partial charge in [0.1, 0.15) is 5.00 Å². The van der Waals surface area contributed by atoms with Crippen LogP contribution in [0.3, 0.4) is 0 Å². The highest BCUT2D eigenvalue weighted by Crippen LogP contribution is 2.24. The van der Waals surface area contributed by atoms with Crippen LogP contribution in [0.25, 0.3) is 10.9 Å². The van der Waals surface area contributed by atoms with Crippen molar-refractivity contribution in [1.82, 2.24) is 9.55 Å². The number of carbonyl (C=O) groups excluding carboxylic acids is 2. The molecule has 0 aliphatic carbocycles. The summed E-state index contributed by atoms with van der Waals surface area (Å²) in [7, 11) is 0. The van der Waals surface area contributed by atoms with Gasteiger partial charge in [0.05, 0.1) is 22.2 Å². The van der Waals surface area contributed by atoms with Gasteiger partial charge in [-0.3, -0.25) is 19.0 Å². The molecule has 3 aromatic rings. The number of hydrogen-bond acceptors (Lipinski definition) is 6. The molecule has 26 heavy (non-hydrogen) atoms. The minimum Gasteiger partial charge on any atom is -0.366 e. The fourth-order valence-corrected chi connectivity index (χ4v) is 4.10. The molecule has 7 nitrogen and oxygen atoms in total. The normalized spacial score (nSPS) is 10.8. The van der Waals surface area contributed by atoms with Gasteiger partial charge in [-0.15, -0.1) is 11.3 Å². The Morgan fingerprint density at radius 1 is 1.31 bits per heavy atom. The Bertz CT molecular complexity index is 1040.